The van der Waals surface area contributed by atoms with Gasteiger partial charge in [-0.15, -0.1) is 0 Å². The van der Waals surface area contributed by atoms with Crippen LogP contribution in [0.25, 0.3) is 0 Å². The SMILES string of the molecule is O=C(N[C@H]1CC[C@H](C(=O)OCc2ccc([N+](=O)[O-])cc2)N(C(=O)O)C1)c1ccccc1. The number of carboxylic acid groups (broad SMARTS) is 1. The third kappa shape index (κ3) is 5.56. The van der Waals surface area contributed by atoms with Crippen molar-refractivity contribution in [1.29, 1.82) is 0 Å². The lowest BCUT2D eigenvalue weighted by Crippen LogP contribution is -2.56. The molecule has 2 N–H and O–H groups in total. The molecule has 2 aromatic carbocycles. The Kier molecular flexibility index (Phi) is 6.81. The molecule has 1 aliphatic heterocycles. The standard InChI is InChI=1S/C21H21N3O7/c25-19(15-4-2-1-3-5-15)22-16-8-11-18(23(12-16)21(27)28)20(26)31-13-14-6-9-17(10-7-14)24(29)30/h1-7,9-10,16,18H,8,11-13H2,(H,22,25)(H,27,28)/t16-,18+/m0/s1. The van der Waals surface area contributed by atoms with E-state index >= 15 is 0 Å². The van der Waals surface area contributed by atoms with Crippen LogP contribution in [-0.4, -0.2) is 51.5 Å². The lowest BCUT2D eigenvalue weighted by Gasteiger charge is -2.36. The molecule has 2 amide bonds. The molecule has 0 aliphatic carbocycles. The van der Waals surface area contributed by atoms with Gasteiger partial charge in [0.15, 0.2) is 0 Å². The van der Waals surface area contributed by atoms with Crippen LogP contribution in [0.4, 0.5) is 10.5 Å². The molecule has 0 radical (unpaired) electrons. The first kappa shape index (κ1) is 21.8. The Balaban J connectivity index is 1.57. The number of non-ortho nitro benzene ring substituents is 1. The van der Waals surface area contributed by atoms with Crippen LogP contribution in [-0.2, 0) is 16.1 Å². The Hall–Kier alpha value is -3.95. The monoisotopic (exact) mass is 427 g/mol. The zero-order chi connectivity index (χ0) is 22.4. The van der Waals surface area contributed by atoms with E-state index in [-0.39, 0.29) is 31.2 Å². The average molecular weight is 427 g/mol. The van der Waals surface area contributed by atoms with Gasteiger partial charge in [0.05, 0.1) is 4.92 Å². The first-order valence-electron chi connectivity index (χ1n) is 9.60. The van der Waals surface area contributed by atoms with E-state index in [9.17, 15) is 29.6 Å². The summed E-state index contributed by atoms with van der Waals surface area (Å²) in [5.41, 5.74) is 0.932. The molecule has 1 heterocycles. The Morgan fingerprint density at radius 1 is 1.10 bits per heavy atom. The summed E-state index contributed by atoms with van der Waals surface area (Å²) in [4.78, 5) is 47.6. The minimum absolute atomic E-state index is 0.0365. The zero-order valence-corrected chi connectivity index (χ0v) is 16.5. The van der Waals surface area contributed by atoms with E-state index in [2.05, 4.69) is 5.32 Å². The molecule has 0 aromatic heterocycles. The number of nitrogens with zero attached hydrogens (tertiary/aromatic N) is 2. The van der Waals surface area contributed by atoms with Crippen molar-refractivity contribution in [2.45, 2.75) is 31.5 Å². The highest BCUT2D eigenvalue weighted by molar-refractivity contribution is 5.94. The van der Waals surface area contributed by atoms with Gasteiger partial charge >= 0.3 is 12.1 Å². The molecule has 0 saturated carbocycles. The number of rotatable bonds is 6. The molecule has 0 bridgehead atoms. The number of benzene rings is 2. The molecule has 2 atom stereocenters. The summed E-state index contributed by atoms with van der Waals surface area (Å²) in [6, 6.07) is 12.7. The predicted octanol–water partition coefficient (Wildman–Crippen LogP) is 2.58. The Bertz CT molecular complexity index is 963. The van der Waals surface area contributed by atoms with E-state index in [1.807, 2.05) is 0 Å². The number of nitro groups is 1. The molecule has 10 heteroatoms. The molecular formula is C21H21N3O7. The lowest BCUT2D eigenvalue weighted by molar-refractivity contribution is -0.384. The minimum atomic E-state index is -1.28. The predicted molar refractivity (Wildman–Crippen MR) is 108 cm³/mol. The number of nitro benzene ring substituents is 1. The van der Waals surface area contributed by atoms with Gasteiger partial charge < -0.3 is 15.2 Å². The van der Waals surface area contributed by atoms with Crippen LogP contribution >= 0.6 is 0 Å². The summed E-state index contributed by atoms with van der Waals surface area (Å²) in [5.74, 6) is -1.01. The van der Waals surface area contributed by atoms with Crippen LogP contribution in [0.3, 0.4) is 0 Å². The van der Waals surface area contributed by atoms with Crippen LogP contribution in [0, 0.1) is 10.1 Å². The zero-order valence-electron chi connectivity index (χ0n) is 16.5. The number of piperidine rings is 1. The maximum Gasteiger partial charge on any atom is 0.408 e. The van der Waals surface area contributed by atoms with Gasteiger partial charge in [0.25, 0.3) is 11.6 Å². The van der Waals surface area contributed by atoms with Gasteiger partial charge in [0, 0.05) is 30.3 Å². The molecule has 0 unspecified atom stereocenters. The van der Waals surface area contributed by atoms with Gasteiger partial charge in [0.2, 0.25) is 0 Å². The van der Waals surface area contributed by atoms with Gasteiger partial charge in [-0.3, -0.25) is 19.8 Å². The van der Waals surface area contributed by atoms with E-state index in [0.29, 0.717) is 17.5 Å². The number of hydrogen-bond donors (Lipinski definition) is 2. The molecule has 1 aliphatic rings. The summed E-state index contributed by atoms with van der Waals surface area (Å²) < 4.78 is 5.23. The van der Waals surface area contributed by atoms with E-state index in [1.54, 1.807) is 30.3 Å². The van der Waals surface area contributed by atoms with Crippen LogP contribution in [0.15, 0.2) is 54.6 Å². The van der Waals surface area contributed by atoms with Gasteiger partial charge in [-0.2, -0.15) is 0 Å². The molecule has 10 nitrogen and oxygen atoms in total. The van der Waals surface area contributed by atoms with E-state index in [1.165, 1.54) is 24.3 Å². The van der Waals surface area contributed by atoms with Gasteiger partial charge in [-0.05, 0) is 42.7 Å². The molecule has 0 spiro atoms. The fourth-order valence-corrected chi connectivity index (χ4v) is 3.37. The van der Waals surface area contributed by atoms with Crippen LogP contribution < -0.4 is 5.32 Å². The van der Waals surface area contributed by atoms with Crippen molar-refractivity contribution in [2.24, 2.45) is 0 Å². The largest absolute Gasteiger partial charge is 0.465 e. The maximum absolute atomic E-state index is 12.5. The second-order valence-electron chi connectivity index (χ2n) is 7.10. The maximum atomic E-state index is 12.5. The van der Waals surface area contributed by atoms with Crippen molar-refractivity contribution < 1.29 is 29.2 Å². The van der Waals surface area contributed by atoms with Crippen LogP contribution in [0.2, 0.25) is 0 Å². The number of nitrogens with one attached hydrogen (secondary N) is 1. The van der Waals surface area contributed by atoms with Crippen molar-refractivity contribution in [1.82, 2.24) is 10.2 Å². The van der Waals surface area contributed by atoms with Gasteiger partial charge in [-0.25, -0.2) is 9.59 Å². The highest BCUT2D eigenvalue weighted by Crippen LogP contribution is 2.20. The number of likely N-dealkylation sites (tertiary alicyclic amines) is 1. The first-order valence-corrected chi connectivity index (χ1v) is 9.60. The quantitative estimate of drug-likeness (QED) is 0.410. The fourth-order valence-electron chi connectivity index (χ4n) is 3.37. The highest BCUT2D eigenvalue weighted by atomic mass is 16.6. The molecule has 2 aromatic rings. The van der Waals surface area contributed by atoms with Crippen LogP contribution in [0.5, 0.6) is 0 Å². The minimum Gasteiger partial charge on any atom is -0.465 e. The molecule has 1 fully saturated rings. The third-order valence-electron chi connectivity index (χ3n) is 5.00. The second kappa shape index (κ2) is 9.70. The van der Waals surface area contributed by atoms with Crippen molar-refractivity contribution in [3.8, 4) is 0 Å². The third-order valence-corrected chi connectivity index (χ3v) is 5.00. The Morgan fingerprint density at radius 2 is 1.77 bits per heavy atom. The van der Waals surface area contributed by atoms with Crippen molar-refractivity contribution >= 4 is 23.7 Å². The van der Waals surface area contributed by atoms with E-state index < -0.39 is 29.1 Å². The molecule has 31 heavy (non-hydrogen) atoms. The molecule has 1 saturated heterocycles. The summed E-state index contributed by atoms with van der Waals surface area (Å²) in [6.07, 6.45) is -0.666. The van der Waals surface area contributed by atoms with E-state index in [4.69, 9.17) is 4.74 Å². The molecule has 162 valence electrons. The first-order chi connectivity index (χ1) is 14.8. The number of carbonyl (C=O) groups is 3. The Morgan fingerprint density at radius 3 is 2.39 bits per heavy atom. The summed E-state index contributed by atoms with van der Waals surface area (Å²) in [5, 5.41) is 23.0. The molecule has 3 rings (SSSR count). The number of ether oxygens (including phenoxy) is 1. The molecular weight excluding hydrogens is 406 g/mol. The number of amides is 2. The van der Waals surface area contributed by atoms with Crippen LogP contribution in [0.1, 0.15) is 28.8 Å². The average Bonchev–Trinajstić information content (AvgIpc) is 2.78. The number of esters is 1. The van der Waals surface area contributed by atoms with Gasteiger partial charge in [-0.1, -0.05) is 18.2 Å². The Labute approximate surface area is 177 Å². The fraction of sp³-hybridized carbons (Fsp3) is 0.286. The topological polar surface area (TPSA) is 139 Å². The van der Waals surface area contributed by atoms with Crippen molar-refractivity contribution in [3.63, 3.8) is 0 Å². The summed E-state index contributed by atoms with van der Waals surface area (Å²) >= 11 is 0. The lowest BCUT2D eigenvalue weighted by atomic mass is 9.98. The smallest absolute Gasteiger partial charge is 0.408 e. The van der Waals surface area contributed by atoms with E-state index in [0.717, 1.165) is 4.90 Å². The number of carbonyl (C=O) groups excluding carboxylic acids is 2. The van der Waals surface area contributed by atoms with Gasteiger partial charge in [0.1, 0.15) is 12.6 Å². The summed E-state index contributed by atoms with van der Waals surface area (Å²) in [7, 11) is 0. The highest BCUT2D eigenvalue weighted by Gasteiger charge is 2.37. The van der Waals surface area contributed by atoms with Crippen molar-refractivity contribution in [2.75, 3.05) is 6.54 Å². The number of hydrogen-bond acceptors (Lipinski definition) is 6. The summed E-state index contributed by atoms with van der Waals surface area (Å²) in [6.45, 7) is -0.167. The van der Waals surface area contributed by atoms with Crippen molar-refractivity contribution in [3.05, 3.63) is 75.8 Å². The normalized spacial score (nSPS) is 18.1. The second-order valence-corrected chi connectivity index (χ2v) is 7.10.